The first kappa shape index (κ1) is 9.44. The summed E-state index contributed by atoms with van der Waals surface area (Å²) in [5, 5.41) is 0.697. The summed E-state index contributed by atoms with van der Waals surface area (Å²) in [4.78, 5) is 33.0. The van der Waals surface area contributed by atoms with Crippen LogP contribution >= 0.6 is 0 Å². The summed E-state index contributed by atoms with van der Waals surface area (Å²) < 4.78 is 0. The molecule has 0 aromatic heterocycles. The highest BCUT2D eigenvalue weighted by Crippen LogP contribution is 2.01. The summed E-state index contributed by atoms with van der Waals surface area (Å²) in [5.41, 5.74) is 2.21. The fraction of sp³-hybridized carbons (Fsp3) is 0.375. The number of nitrogens with one attached hydrogen (secondary N) is 1. The molecule has 0 aliphatic carbocycles. The van der Waals surface area contributed by atoms with Crippen LogP contribution < -0.4 is 5.43 Å². The molecule has 1 aliphatic rings. The Kier molecular flexibility index (Phi) is 2.46. The van der Waals surface area contributed by atoms with Gasteiger partial charge in [-0.25, -0.2) is 0 Å². The van der Waals surface area contributed by atoms with Gasteiger partial charge in [-0.05, 0) is 0 Å². The lowest BCUT2D eigenvalue weighted by atomic mass is 10.2. The van der Waals surface area contributed by atoms with Crippen molar-refractivity contribution >= 4 is 17.7 Å². The summed E-state index contributed by atoms with van der Waals surface area (Å²) in [6, 6.07) is 0. The van der Waals surface area contributed by atoms with Gasteiger partial charge < -0.3 is 0 Å². The van der Waals surface area contributed by atoms with E-state index >= 15 is 0 Å². The Labute approximate surface area is 75.4 Å². The Morgan fingerprint density at radius 2 is 1.77 bits per heavy atom. The van der Waals surface area contributed by atoms with Gasteiger partial charge in [0.2, 0.25) is 5.91 Å². The largest absolute Gasteiger partial charge is 0.273 e. The maximum Gasteiger partial charge on any atom is 0.272 e. The fourth-order valence-corrected chi connectivity index (χ4v) is 0.750. The van der Waals surface area contributed by atoms with Crippen molar-refractivity contribution in [3.8, 4) is 0 Å². The molecule has 5 heteroatoms. The van der Waals surface area contributed by atoms with Crippen molar-refractivity contribution in [3.05, 3.63) is 12.2 Å². The lowest BCUT2D eigenvalue weighted by Crippen LogP contribution is -2.47. The number of hydrogen-bond donors (Lipinski definition) is 1. The Bertz CT molecular complexity index is 276. The lowest BCUT2D eigenvalue weighted by Gasteiger charge is -2.15. The Morgan fingerprint density at radius 3 is 2.15 bits per heavy atom. The minimum atomic E-state index is -0.515. The van der Waals surface area contributed by atoms with Crippen molar-refractivity contribution in [2.24, 2.45) is 5.92 Å². The molecule has 0 atom stereocenters. The van der Waals surface area contributed by atoms with E-state index in [1.165, 1.54) is 0 Å². The highest BCUT2D eigenvalue weighted by molar-refractivity contribution is 6.13. The average Bonchev–Trinajstić information content (AvgIpc) is 2.35. The number of amides is 3. The first-order valence-corrected chi connectivity index (χ1v) is 3.89. The molecule has 0 bridgehead atoms. The van der Waals surface area contributed by atoms with Crippen LogP contribution in [-0.2, 0) is 14.4 Å². The molecule has 0 aromatic rings. The zero-order valence-electron chi connectivity index (χ0n) is 7.40. The van der Waals surface area contributed by atoms with Crippen LogP contribution in [0.1, 0.15) is 13.8 Å². The molecule has 1 aliphatic heterocycles. The van der Waals surface area contributed by atoms with Crippen LogP contribution in [0.5, 0.6) is 0 Å². The second-order valence-corrected chi connectivity index (χ2v) is 2.98. The van der Waals surface area contributed by atoms with E-state index in [0.29, 0.717) is 5.01 Å². The molecule has 0 fully saturated rings. The minimum absolute atomic E-state index is 0.263. The van der Waals surface area contributed by atoms with Gasteiger partial charge in [-0.2, -0.15) is 5.01 Å². The highest BCUT2D eigenvalue weighted by atomic mass is 16.2. The molecule has 0 saturated carbocycles. The minimum Gasteiger partial charge on any atom is -0.273 e. The molecule has 5 nitrogen and oxygen atoms in total. The quantitative estimate of drug-likeness (QED) is 0.591. The average molecular weight is 182 g/mol. The topological polar surface area (TPSA) is 66.5 Å². The van der Waals surface area contributed by atoms with Gasteiger partial charge in [0.1, 0.15) is 0 Å². The van der Waals surface area contributed by atoms with E-state index in [1.807, 2.05) is 0 Å². The third kappa shape index (κ3) is 1.93. The molecule has 0 saturated heterocycles. The summed E-state index contributed by atoms with van der Waals surface area (Å²) in [6.45, 7) is 3.35. The van der Waals surface area contributed by atoms with Crippen molar-refractivity contribution in [1.82, 2.24) is 10.4 Å². The van der Waals surface area contributed by atoms with Gasteiger partial charge in [0, 0.05) is 18.1 Å². The standard InChI is InChI=1S/C8H10N2O3/c1-5(2)8(13)9-10-6(11)3-4-7(10)12/h3-5H,1-2H3,(H,9,13). The van der Waals surface area contributed by atoms with Gasteiger partial charge in [0.05, 0.1) is 0 Å². The fourth-order valence-electron chi connectivity index (χ4n) is 0.750. The molecular formula is C8H10N2O3. The van der Waals surface area contributed by atoms with E-state index < -0.39 is 11.8 Å². The molecule has 0 unspecified atom stereocenters. The summed E-state index contributed by atoms with van der Waals surface area (Å²) in [5.74, 6) is -1.65. The number of hydrazine groups is 1. The van der Waals surface area contributed by atoms with Crippen molar-refractivity contribution in [2.75, 3.05) is 0 Å². The number of carbonyl (C=O) groups excluding carboxylic acids is 3. The molecule has 13 heavy (non-hydrogen) atoms. The molecular weight excluding hydrogens is 172 g/mol. The Hall–Kier alpha value is -1.65. The number of hydrogen-bond acceptors (Lipinski definition) is 3. The van der Waals surface area contributed by atoms with E-state index in [9.17, 15) is 14.4 Å². The predicted octanol–water partition coefficient (Wildman–Crippen LogP) is -0.401. The maximum absolute atomic E-state index is 11.1. The molecule has 0 radical (unpaired) electrons. The third-order valence-corrected chi connectivity index (χ3v) is 1.56. The normalized spacial score (nSPS) is 15.8. The van der Waals surface area contributed by atoms with Crippen molar-refractivity contribution in [1.29, 1.82) is 0 Å². The van der Waals surface area contributed by atoms with Gasteiger partial charge in [0.25, 0.3) is 11.8 Å². The molecule has 1 heterocycles. The SMILES string of the molecule is CC(C)C(=O)NN1C(=O)C=CC1=O. The van der Waals surface area contributed by atoms with E-state index in [2.05, 4.69) is 5.43 Å². The Morgan fingerprint density at radius 1 is 1.31 bits per heavy atom. The van der Waals surface area contributed by atoms with Gasteiger partial charge in [-0.1, -0.05) is 13.8 Å². The van der Waals surface area contributed by atoms with Crippen LogP contribution in [0.3, 0.4) is 0 Å². The zero-order valence-corrected chi connectivity index (χ0v) is 7.40. The second-order valence-electron chi connectivity index (χ2n) is 2.98. The molecule has 0 aromatic carbocycles. The molecule has 70 valence electrons. The number of carbonyl (C=O) groups is 3. The predicted molar refractivity (Wildman–Crippen MR) is 44.0 cm³/mol. The van der Waals surface area contributed by atoms with Gasteiger partial charge >= 0.3 is 0 Å². The van der Waals surface area contributed by atoms with Crippen LogP contribution in [0.25, 0.3) is 0 Å². The van der Waals surface area contributed by atoms with Crippen LogP contribution in [0.2, 0.25) is 0 Å². The van der Waals surface area contributed by atoms with E-state index in [0.717, 1.165) is 12.2 Å². The van der Waals surface area contributed by atoms with E-state index in [4.69, 9.17) is 0 Å². The second kappa shape index (κ2) is 3.38. The van der Waals surface area contributed by atoms with Crippen LogP contribution in [0, 0.1) is 5.92 Å². The Balaban J connectivity index is 2.60. The smallest absolute Gasteiger partial charge is 0.272 e. The van der Waals surface area contributed by atoms with E-state index in [-0.39, 0.29) is 11.8 Å². The summed E-state index contributed by atoms with van der Waals surface area (Å²) in [6.07, 6.45) is 2.23. The van der Waals surface area contributed by atoms with Gasteiger partial charge in [-0.15, -0.1) is 0 Å². The maximum atomic E-state index is 11.1. The lowest BCUT2D eigenvalue weighted by molar-refractivity contribution is -0.147. The monoisotopic (exact) mass is 182 g/mol. The van der Waals surface area contributed by atoms with E-state index in [1.54, 1.807) is 13.8 Å². The highest BCUT2D eigenvalue weighted by Gasteiger charge is 2.25. The third-order valence-electron chi connectivity index (χ3n) is 1.56. The summed E-state index contributed by atoms with van der Waals surface area (Å²) >= 11 is 0. The van der Waals surface area contributed by atoms with Gasteiger partial charge in [0.15, 0.2) is 0 Å². The number of rotatable bonds is 2. The van der Waals surface area contributed by atoms with Crippen LogP contribution in [-0.4, -0.2) is 22.7 Å². The van der Waals surface area contributed by atoms with Crippen molar-refractivity contribution in [2.45, 2.75) is 13.8 Å². The first-order valence-electron chi connectivity index (χ1n) is 3.89. The van der Waals surface area contributed by atoms with Crippen molar-refractivity contribution < 1.29 is 14.4 Å². The molecule has 0 spiro atoms. The first-order chi connectivity index (χ1) is 6.02. The van der Waals surface area contributed by atoms with Crippen molar-refractivity contribution in [3.63, 3.8) is 0 Å². The zero-order chi connectivity index (χ0) is 10.0. The molecule has 3 amide bonds. The molecule has 1 rings (SSSR count). The molecule has 1 N–H and O–H groups in total. The van der Waals surface area contributed by atoms with Crippen LogP contribution in [0.4, 0.5) is 0 Å². The number of imide groups is 1. The number of nitrogens with zero attached hydrogens (tertiary/aromatic N) is 1. The van der Waals surface area contributed by atoms with Crippen LogP contribution in [0.15, 0.2) is 12.2 Å². The van der Waals surface area contributed by atoms with Gasteiger partial charge in [-0.3, -0.25) is 19.8 Å². The summed E-state index contributed by atoms with van der Waals surface area (Å²) in [7, 11) is 0.